The molecular weight excluding hydrogens is 418 g/mol. The average molecular weight is 441 g/mol. The van der Waals surface area contributed by atoms with Gasteiger partial charge in [0.25, 0.3) is 0 Å². The largest absolute Gasteiger partial charge is 0.497 e. The number of ether oxygens (including phenoxy) is 1. The fourth-order valence-electron chi connectivity index (χ4n) is 3.79. The molecule has 0 aliphatic heterocycles. The monoisotopic (exact) mass is 441 g/mol. The zero-order valence-corrected chi connectivity index (χ0v) is 18.6. The van der Waals surface area contributed by atoms with Crippen LogP contribution in [-0.4, -0.2) is 42.5 Å². The Bertz CT molecular complexity index is 1440. The molecule has 0 fully saturated rings. The van der Waals surface area contributed by atoms with E-state index in [0.29, 0.717) is 12.4 Å². The number of pyridine rings is 1. The van der Waals surface area contributed by atoms with Gasteiger partial charge in [0.1, 0.15) is 17.7 Å². The minimum absolute atomic E-state index is 0.157. The molecule has 0 saturated carbocycles. The third-order valence-corrected chi connectivity index (χ3v) is 5.64. The Labute approximate surface area is 190 Å². The van der Waals surface area contributed by atoms with E-state index in [-0.39, 0.29) is 6.61 Å². The number of benzene rings is 1. The molecule has 0 N–H and O–H groups in total. The van der Waals surface area contributed by atoms with Gasteiger partial charge in [-0.15, -0.1) is 5.10 Å². The number of methoxy groups -OCH3 is 1. The van der Waals surface area contributed by atoms with Gasteiger partial charge in [0.15, 0.2) is 18.1 Å². The zero-order valence-electron chi connectivity index (χ0n) is 18.6. The number of hydrogen-bond acceptors (Lipinski definition) is 7. The third-order valence-electron chi connectivity index (χ3n) is 5.64. The highest BCUT2D eigenvalue weighted by molar-refractivity contribution is 5.93. The van der Waals surface area contributed by atoms with Gasteiger partial charge >= 0.3 is 0 Å². The predicted molar refractivity (Wildman–Crippen MR) is 124 cm³/mol. The number of hydrogen-bond donors (Lipinski definition) is 0. The van der Waals surface area contributed by atoms with Crippen LogP contribution in [0.4, 0.5) is 0 Å². The lowest BCUT2D eigenvalue weighted by atomic mass is 10.2. The van der Waals surface area contributed by atoms with Gasteiger partial charge in [0, 0.05) is 18.1 Å². The zero-order chi connectivity index (χ0) is 22.8. The Kier molecular flexibility index (Phi) is 5.43. The maximum absolute atomic E-state index is 5.43. The molecule has 0 atom stereocenters. The first-order valence-electron chi connectivity index (χ1n) is 10.5. The van der Waals surface area contributed by atoms with E-state index in [2.05, 4.69) is 44.7 Å². The van der Waals surface area contributed by atoms with Crippen LogP contribution >= 0.6 is 0 Å². The van der Waals surface area contributed by atoms with Crippen LogP contribution in [0.1, 0.15) is 28.2 Å². The van der Waals surface area contributed by atoms with E-state index < -0.39 is 0 Å². The lowest BCUT2D eigenvalue weighted by Crippen LogP contribution is -2.03. The number of nitrogens with zero attached hydrogens (tertiary/aromatic N) is 7. The standard InChI is InChI=1S/C24H23N7O2/c1-16-17(2)30(13-19-5-4-10-25-11-19)23-22(16)24-28-21(29-31(24)15-26-23)14-33-27-12-18-6-8-20(32-3)9-7-18/h4-12,15H,13-14H2,1-3H3/b27-12-. The van der Waals surface area contributed by atoms with Crippen molar-refractivity contribution in [3.05, 3.63) is 83.3 Å². The first kappa shape index (κ1) is 20.6. The summed E-state index contributed by atoms with van der Waals surface area (Å²) in [4.78, 5) is 19.0. The molecule has 0 radical (unpaired) electrons. The fourth-order valence-corrected chi connectivity index (χ4v) is 3.79. The van der Waals surface area contributed by atoms with Crippen LogP contribution in [0.3, 0.4) is 0 Å². The van der Waals surface area contributed by atoms with Gasteiger partial charge in [-0.2, -0.15) is 0 Å². The molecular formula is C24H23N7O2. The highest BCUT2D eigenvalue weighted by Crippen LogP contribution is 2.27. The lowest BCUT2D eigenvalue weighted by molar-refractivity contribution is 0.126. The number of aryl methyl sites for hydroxylation is 1. The van der Waals surface area contributed by atoms with Crippen LogP contribution in [0.2, 0.25) is 0 Å². The number of fused-ring (bicyclic) bond motifs is 3. The summed E-state index contributed by atoms with van der Waals surface area (Å²) < 4.78 is 9.03. The van der Waals surface area contributed by atoms with Gasteiger partial charge in [-0.3, -0.25) is 4.98 Å². The quantitative estimate of drug-likeness (QED) is 0.283. The van der Waals surface area contributed by atoms with Crippen molar-refractivity contribution >= 4 is 22.9 Å². The van der Waals surface area contributed by atoms with Crippen molar-refractivity contribution in [2.75, 3.05) is 7.11 Å². The highest BCUT2D eigenvalue weighted by atomic mass is 16.6. The summed E-state index contributed by atoms with van der Waals surface area (Å²) in [6, 6.07) is 11.5. The summed E-state index contributed by atoms with van der Waals surface area (Å²) in [7, 11) is 1.63. The molecule has 1 aromatic carbocycles. The lowest BCUT2D eigenvalue weighted by Gasteiger charge is -2.07. The summed E-state index contributed by atoms with van der Waals surface area (Å²) in [5.41, 5.74) is 5.92. The molecule has 0 bridgehead atoms. The van der Waals surface area contributed by atoms with Crippen LogP contribution in [0.5, 0.6) is 5.75 Å². The van der Waals surface area contributed by atoms with Gasteiger partial charge in [-0.1, -0.05) is 11.2 Å². The van der Waals surface area contributed by atoms with Gasteiger partial charge in [-0.25, -0.2) is 14.5 Å². The van der Waals surface area contributed by atoms with Crippen molar-refractivity contribution in [3.63, 3.8) is 0 Å². The molecule has 0 aliphatic carbocycles. The van der Waals surface area contributed by atoms with E-state index in [1.54, 1.807) is 30.4 Å². The second-order valence-corrected chi connectivity index (χ2v) is 7.68. The summed E-state index contributed by atoms with van der Waals surface area (Å²) in [5, 5.41) is 9.51. The molecule has 0 aliphatic rings. The number of rotatable bonds is 7. The van der Waals surface area contributed by atoms with Crippen LogP contribution in [0.15, 0.2) is 60.3 Å². The van der Waals surface area contributed by atoms with E-state index in [4.69, 9.17) is 14.6 Å². The van der Waals surface area contributed by atoms with Gasteiger partial charge in [0.2, 0.25) is 0 Å². The van der Waals surface area contributed by atoms with Gasteiger partial charge in [0.05, 0.1) is 25.3 Å². The molecule has 0 spiro atoms. The summed E-state index contributed by atoms with van der Waals surface area (Å²) in [5.74, 6) is 1.33. The van der Waals surface area contributed by atoms with E-state index in [1.807, 2.05) is 36.5 Å². The van der Waals surface area contributed by atoms with E-state index in [9.17, 15) is 0 Å². The molecule has 0 saturated heterocycles. The first-order valence-corrected chi connectivity index (χ1v) is 10.5. The molecule has 33 heavy (non-hydrogen) atoms. The minimum atomic E-state index is 0.157. The molecule has 9 heteroatoms. The van der Waals surface area contributed by atoms with Crippen LogP contribution in [-0.2, 0) is 18.0 Å². The Balaban J connectivity index is 1.39. The molecule has 0 unspecified atom stereocenters. The molecule has 9 nitrogen and oxygen atoms in total. The van der Waals surface area contributed by atoms with Gasteiger partial charge < -0.3 is 14.1 Å². The van der Waals surface area contributed by atoms with Crippen molar-refractivity contribution < 1.29 is 9.57 Å². The molecule has 0 amide bonds. The minimum Gasteiger partial charge on any atom is -0.497 e. The normalized spacial score (nSPS) is 11.6. The molecule has 4 aromatic heterocycles. The number of oxime groups is 1. The van der Waals surface area contributed by atoms with Crippen LogP contribution in [0, 0.1) is 13.8 Å². The van der Waals surface area contributed by atoms with E-state index in [0.717, 1.165) is 44.8 Å². The van der Waals surface area contributed by atoms with E-state index >= 15 is 0 Å². The maximum atomic E-state index is 5.43. The highest BCUT2D eigenvalue weighted by Gasteiger charge is 2.18. The van der Waals surface area contributed by atoms with Gasteiger partial charge in [-0.05, 0) is 60.9 Å². The third kappa shape index (κ3) is 4.00. The SMILES string of the molecule is COc1ccc(/C=N\OCc2nc3c4c(C)c(C)n(Cc5cccnc5)c4ncn3n2)cc1. The Hall–Kier alpha value is -4.27. The smallest absolute Gasteiger partial charge is 0.192 e. The Morgan fingerprint density at radius 1 is 1.09 bits per heavy atom. The first-order chi connectivity index (χ1) is 16.1. The van der Waals surface area contributed by atoms with Crippen molar-refractivity contribution in [1.82, 2.24) is 29.1 Å². The summed E-state index contributed by atoms with van der Waals surface area (Å²) in [6.07, 6.45) is 6.98. The van der Waals surface area contributed by atoms with Crippen molar-refractivity contribution in [1.29, 1.82) is 0 Å². The summed E-state index contributed by atoms with van der Waals surface area (Å²) >= 11 is 0. The molecule has 5 rings (SSSR count). The Morgan fingerprint density at radius 2 is 1.94 bits per heavy atom. The van der Waals surface area contributed by atoms with Crippen molar-refractivity contribution in [2.24, 2.45) is 5.16 Å². The second kappa shape index (κ2) is 8.70. The van der Waals surface area contributed by atoms with Crippen molar-refractivity contribution in [2.45, 2.75) is 27.0 Å². The Morgan fingerprint density at radius 3 is 2.70 bits per heavy atom. The van der Waals surface area contributed by atoms with Crippen molar-refractivity contribution in [3.8, 4) is 5.75 Å². The predicted octanol–water partition coefficient (Wildman–Crippen LogP) is 3.70. The molecule has 166 valence electrons. The van der Waals surface area contributed by atoms with Crippen LogP contribution in [0.25, 0.3) is 16.7 Å². The fraction of sp³-hybridized carbons (Fsp3) is 0.208. The summed E-state index contributed by atoms with van der Waals surface area (Å²) in [6.45, 7) is 5.03. The number of aromatic nitrogens is 6. The topological polar surface area (TPSA) is 91.7 Å². The van der Waals surface area contributed by atoms with Crippen LogP contribution < -0.4 is 4.74 Å². The maximum Gasteiger partial charge on any atom is 0.192 e. The van der Waals surface area contributed by atoms with E-state index in [1.165, 1.54) is 0 Å². The average Bonchev–Trinajstić information content (AvgIpc) is 3.37. The second-order valence-electron chi connectivity index (χ2n) is 7.68. The molecule has 4 heterocycles. The molecule has 5 aromatic rings.